The topological polar surface area (TPSA) is 99.2 Å². The monoisotopic (exact) mass is 477 g/mol. The summed E-state index contributed by atoms with van der Waals surface area (Å²) in [5.74, 6) is 0.915. The van der Waals surface area contributed by atoms with Gasteiger partial charge < -0.3 is 29.2 Å². The zero-order chi connectivity index (χ0) is 25.1. The first-order valence-electron chi connectivity index (χ1n) is 10.9. The maximum absolute atomic E-state index is 13.8. The van der Waals surface area contributed by atoms with Crippen LogP contribution in [0.1, 0.15) is 33.4 Å². The van der Waals surface area contributed by atoms with Crippen molar-refractivity contribution in [2.45, 2.75) is 12.0 Å². The molecule has 9 heteroatoms. The van der Waals surface area contributed by atoms with Gasteiger partial charge in [-0.15, -0.1) is 0 Å². The van der Waals surface area contributed by atoms with Crippen molar-refractivity contribution < 1.29 is 28.5 Å². The number of methoxy groups -OCH3 is 4. The number of pyridine rings is 1. The lowest BCUT2D eigenvalue weighted by Crippen LogP contribution is -2.44. The Balaban J connectivity index is 1.90. The summed E-state index contributed by atoms with van der Waals surface area (Å²) in [6.45, 7) is 0. The van der Waals surface area contributed by atoms with Gasteiger partial charge >= 0.3 is 0 Å². The summed E-state index contributed by atoms with van der Waals surface area (Å²) < 4.78 is 21.7. The lowest BCUT2D eigenvalue weighted by atomic mass is 9.79. The molecule has 0 saturated carbocycles. The van der Waals surface area contributed by atoms with Gasteiger partial charge in [-0.25, -0.2) is 4.98 Å². The summed E-state index contributed by atoms with van der Waals surface area (Å²) in [4.78, 5) is 33.1. The molecular formula is C26H27N3O6. The Hall–Kier alpha value is -4.27. The first-order chi connectivity index (χ1) is 16.9. The van der Waals surface area contributed by atoms with Crippen molar-refractivity contribution in [1.82, 2.24) is 9.88 Å². The summed E-state index contributed by atoms with van der Waals surface area (Å²) in [5, 5.41) is 2.89. The molecule has 182 valence electrons. The van der Waals surface area contributed by atoms with E-state index in [2.05, 4.69) is 10.3 Å². The van der Waals surface area contributed by atoms with Crippen LogP contribution in [-0.2, 0) is 4.79 Å². The van der Waals surface area contributed by atoms with Crippen molar-refractivity contribution in [3.05, 3.63) is 71.4 Å². The van der Waals surface area contributed by atoms with Crippen LogP contribution in [0.25, 0.3) is 0 Å². The van der Waals surface area contributed by atoms with E-state index >= 15 is 0 Å². The number of likely N-dealkylation sites (N-methyl/N-ethyl adjacent to an activating group) is 1. The maximum Gasteiger partial charge on any atom is 0.254 e. The summed E-state index contributed by atoms with van der Waals surface area (Å²) in [7, 11) is 7.76. The maximum atomic E-state index is 13.8. The van der Waals surface area contributed by atoms with E-state index in [4.69, 9.17) is 18.9 Å². The first-order valence-corrected chi connectivity index (χ1v) is 10.9. The van der Waals surface area contributed by atoms with Crippen LogP contribution >= 0.6 is 0 Å². The van der Waals surface area contributed by atoms with E-state index in [0.717, 1.165) is 0 Å². The van der Waals surface area contributed by atoms with Gasteiger partial charge in [-0.05, 0) is 47.5 Å². The van der Waals surface area contributed by atoms with Crippen LogP contribution < -0.4 is 24.3 Å². The fourth-order valence-electron chi connectivity index (χ4n) is 4.43. The number of aromatic nitrogens is 1. The van der Waals surface area contributed by atoms with Crippen molar-refractivity contribution in [3.8, 4) is 23.0 Å². The number of amides is 2. The highest BCUT2D eigenvalue weighted by atomic mass is 16.5. The van der Waals surface area contributed by atoms with Crippen molar-refractivity contribution in [3.63, 3.8) is 0 Å². The normalized spacial score (nSPS) is 16.8. The molecule has 1 aromatic heterocycles. The SMILES string of the molecule is COc1ccc([C@@H]2[C@@H](C(=O)Nc3ccccn3)c3cc(OC)c(OC)cc3C(=O)N2C)cc1OC. The average molecular weight is 478 g/mol. The molecule has 1 aliphatic rings. The Kier molecular flexibility index (Phi) is 6.77. The molecule has 9 nitrogen and oxygen atoms in total. The fraction of sp³-hybridized carbons (Fsp3) is 0.269. The smallest absolute Gasteiger partial charge is 0.254 e. The highest BCUT2D eigenvalue weighted by Crippen LogP contribution is 2.47. The number of anilines is 1. The number of nitrogens with zero attached hydrogens (tertiary/aromatic N) is 2. The van der Waals surface area contributed by atoms with E-state index in [9.17, 15) is 9.59 Å². The number of carbonyl (C=O) groups is 2. The van der Waals surface area contributed by atoms with Crippen molar-refractivity contribution in [2.24, 2.45) is 0 Å². The molecule has 1 aliphatic heterocycles. The van der Waals surface area contributed by atoms with Crippen LogP contribution in [0.4, 0.5) is 5.82 Å². The van der Waals surface area contributed by atoms with Gasteiger partial charge in [-0.2, -0.15) is 0 Å². The predicted molar refractivity (Wildman–Crippen MR) is 130 cm³/mol. The third-order valence-corrected chi connectivity index (χ3v) is 6.12. The van der Waals surface area contributed by atoms with E-state index in [1.54, 1.807) is 67.7 Å². The third kappa shape index (κ3) is 4.32. The van der Waals surface area contributed by atoms with Crippen molar-refractivity contribution in [2.75, 3.05) is 40.8 Å². The van der Waals surface area contributed by atoms with Gasteiger partial charge in [0.15, 0.2) is 23.0 Å². The van der Waals surface area contributed by atoms with Crippen LogP contribution in [-0.4, -0.2) is 57.2 Å². The second kappa shape index (κ2) is 9.92. The van der Waals surface area contributed by atoms with Gasteiger partial charge in [-0.3, -0.25) is 9.59 Å². The third-order valence-electron chi connectivity index (χ3n) is 6.12. The molecule has 1 N–H and O–H groups in total. The molecule has 0 spiro atoms. The largest absolute Gasteiger partial charge is 0.493 e. The molecule has 3 aromatic rings. The zero-order valence-corrected chi connectivity index (χ0v) is 20.2. The highest BCUT2D eigenvalue weighted by molar-refractivity contribution is 6.04. The number of rotatable bonds is 7. The van der Waals surface area contributed by atoms with Crippen LogP contribution in [0.15, 0.2) is 54.7 Å². The predicted octanol–water partition coefficient (Wildman–Crippen LogP) is 3.67. The molecule has 0 aliphatic carbocycles. The molecule has 0 bridgehead atoms. The number of hydrogen-bond acceptors (Lipinski definition) is 7. The van der Waals surface area contributed by atoms with Crippen LogP contribution in [0.2, 0.25) is 0 Å². The minimum absolute atomic E-state index is 0.248. The van der Waals surface area contributed by atoms with E-state index in [1.165, 1.54) is 21.3 Å². The lowest BCUT2D eigenvalue weighted by Gasteiger charge is -2.40. The second-order valence-electron chi connectivity index (χ2n) is 7.95. The standard InChI is InChI=1S/C26H27N3O6/c1-29-24(15-9-10-18(32-2)19(12-15)33-3)23(25(30)28-22-8-6-7-11-27-22)16-13-20(34-4)21(35-5)14-17(16)26(29)31/h6-14,23-24H,1-5H3,(H,27,28,30)/t23-,24+/m0/s1. The van der Waals surface area contributed by atoms with Gasteiger partial charge in [0, 0.05) is 18.8 Å². The Labute approximate surface area is 203 Å². The molecule has 35 heavy (non-hydrogen) atoms. The minimum Gasteiger partial charge on any atom is -0.493 e. The number of nitrogens with one attached hydrogen (secondary N) is 1. The Morgan fingerprint density at radius 3 is 2.17 bits per heavy atom. The van der Waals surface area contributed by atoms with Gasteiger partial charge in [-0.1, -0.05) is 12.1 Å². The minimum atomic E-state index is -0.785. The summed E-state index contributed by atoms with van der Waals surface area (Å²) in [6, 6.07) is 13.3. The summed E-state index contributed by atoms with van der Waals surface area (Å²) >= 11 is 0. The van der Waals surface area contributed by atoms with Gasteiger partial charge in [0.05, 0.1) is 40.4 Å². The molecule has 0 fully saturated rings. The fourth-order valence-corrected chi connectivity index (χ4v) is 4.43. The Bertz CT molecular complexity index is 1250. The van der Waals surface area contributed by atoms with Crippen LogP contribution in [0.3, 0.4) is 0 Å². The van der Waals surface area contributed by atoms with Gasteiger partial charge in [0.1, 0.15) is 5.82 Å². The molecule has 2 amide bonds. The second-order valence-corrected chi connectivity index (χ2v) is 7.95. The molecular weight excluding hydrogens is 450 g/mol. The lowest BCUT2D eigenvalue weighted by molar-refractivity contribution is -0.119. The van der Waals surface area contributed by atoms with Crippen molar-refractivity contribution >= 4 is 17.6 Å². The zero-order valence-electron chi connectivity index (χ0n) is 20.2. The molecule has 0 radical (unpaired) electrons. The molecule has 2 aromatic carbocycles. The Morgan fingerprint density at radius 2 is 1.54 bits per heavy atom. The van der Waals surface area contributed by atoms with E-state index in [1.807, 2.05) is 6.07 Å². The first kappa shape index (κ1) is 23.9. The number of benzene rings is 2. The number of fused-ring (bicyclic) bond motifs is 1. The molecule has 4 rings (SSSR count). The number of ether oxygens (including phenoxy) is 4. The molecule has 2 heterocycles. The van der Waals surface area contributed by atoms with Gasteiger partial charge in [0.2, 0.25) is 5.91 Å². The van der Waals surface area contributed by atoms with Crippen LogP contribution in [0.5, 0.6) is 23.0 Å². The van der Waals surface area contributed by atoms with Gasteiger partial charge in [0.25, 0.3) is 5.91 Å². The average Bonchev–Trinajstić information content (AvgIpc) is 2.89. The van der Waals surface area contributed by atoms with E-state index < -0.39 is 12.0 Å². The molecule has 0 saturated heterocycles. The molecule has 2 atom stereocenters. The summed E-state index contributed by atoms with van der Waals surface area (Å²) in [5.41, 5.74) is 1.60. The number of carbonyl (C=O) groups excluding carboxylic acids is 2. The van der Waals surface area contributed by atoms with Crippen LogP contribution in [0, 0.1) is 0 Å². The Morgan fingerprint density at radius 1 is 0.886 bits per heavy atom. The quantitative estimate of drug-likeness (QED) is 0.554. The van der Waals surface area contributed by atoms with E-state index in [0.29, 0.717) is 45.5 Å². The summed E-state index contributed by atoms with van der Waals surface area (Å²) in [6.07, 6.45) is 1.60. The van der Waals surface area contributed by atoms with E-state index in [-0.39, 0.29) is 11.8 Å². The number of hydrogen-bond donors (Lipinski definition) is 1. The van der Waals surface area contributed by atoms with Crippen molar-refractivity contribution in [1.29, 1.82) is 0 Å². The molecule has 0 unspecified atom stereocenters. The highest BCUT2D eigenvalue weighted by Gasteiger charge is 2.44.